The van der Waals surface area contributed by atoms with E-state index in [0.717, 1.165) is 6.42 Å². The fraction of sp³-hybridized carbons (Fsp3) is 0.467. The van der Waals surface area contributed by atoms with Gasteiger partial charge in [0, 0.05) is 0 Å². The summed E-state index contributed by atoms with van der Waals surface area (Å²) in [5, 5.41) is 0. The molecule has 1 aromatic rings. The summed E-state index contributed by atoms with van der Waals surface area (Å²) in [6.45, 7) is 8.83. The van der Waals surface area contributed by atoms with Gasteiger partial charge in [-0.05, 0) is 36.3 Å². The van der Waals surface area contributed by atoms with Crippen LogP contribution in [-0.4, -0.2) is 0 Å². The van der Waals surface area contributed by atoms with Gasteiger partial charge in [0.05, 0.1) is 0 Å². The first-order chi connectivity index (χ1) is 7.15. The summed E-state index contributed by atoms with van der Waals surface area (Å²) in [4.78, 5) is 0. The van der Waals surface area contributed by atoms with Crippen molar-refractivity contribution in [3.05, 3.63) is 47.5 Å². The first-order valence-corrected chi connectivity index (χ1v) is 5.86. The normalized spacial score (nSPS) is 13.7. The Morgan fingerprint density at radius 3 is 2.00 bits per heavy atom. The average Bonchev–Trinajstić information content (AvgIpc) is 2.26. The Hall–Kier alpha value is -1.04. The van der Waals surface area contributed by atoms with Crippen molar-refractivity contribution in [2.75, 3.05) is 0 Å². The lowest BCUT2D eigenvalue weighted by Gasteiger charge is -2.11. The Bertz CT molecular complexity index is 303. The predicted octanol–water partition coefficient (Wildman–Crippen LogP) is 4.88. The van der Waals surface area contributed by atoms with Gasteiger partial charge >= 0.3 is 0 Å². The molecule has 0 N–H and O–H groups in total. The number of hydrogen-bond donors (Lipinski definition) is 0. The lowest BCUT2D eigenvalue weighted by atomic mass is 9.94. The largest absolute Gasteiger partial charge is 0.0916 e. The fourth-order valence-electron chi connectivity index (χ4n) is 1.69. The van der Waals surface area contributed by atoms with E-state index in [1.165, 1.54) is 11.1 Å². The zero-order valence-electron chi connectivity index (χ0n) is 10.3. The molecular formula is C15H22. The van der Waals surface area contributed by atoms with E-state index in [-0.39, 0.29) is 0 Å². The molecule has 15 heavy (non-hydrogen) atoms. The molecule has 0 fully saturated rings. The molecule has 0 spiro atoms. The Kier molecular flexibility index (Phi) is 4.61. The van der Waals surface area contributed by atoms with E-state index in [1.54, 1.807) is 0 Å². The van der Waals surface area contributed by atoms with Crippen LogP contribution < -0.4 is 0 Å². The minimum Gasteiger partial charge on any atom is -0.0916 e. The molecule has 0 saturated heterocycles. The Morgan fingerprint density at radius 2 is 1.53 bits per heavy atom. The van der Waals surface area contributed by atoms with Crippen molar-refractivity contribution in [3.63, 3.8) is 0 Å². The highest BCUT2D eigenvalue weighted by Gasteiger charge is 2.04. The molecule has 1 unspecified atom stereocenters. The van der Waals surface area contributed by atoms with Crippen molar-refractivity contribution in [1.82, 2.24) is 0 Å². The zero-order chi connectivity index (χ0) is 11.3. The monoisotopic (exact) mass is 202 g/mol. The lowest BCUT2D eigenvalue weighted by Crippen LogP contribution is -1.93. The molecule has 0 saturated carbocycles. The summed E-state index contributed by atoms with van der Waals surface area (Å²) in [5.74, 6) is 1.26. The highest BCUT2D eigenvalue weighted by molar-refractivity contribution is 5.27. The molecule has 1 rings (SSSR count). The molecule has 0 radical (unpaired) electrons. The molecule has 0 nitrogen and oxygen atoms in total. The summed E-state index contributed by atoms with van der Waals surface area (Å²) >= 11 is 0. The van der Waals surface area contributed by atoms with Crippen LogP contribution in [0.1, 0.15) is 57.1 Å². The number of rotatable bonds is 4. The van der Waals surface area contributed by atoms with Gasteiger partial charge in [0.1, 0.15) is 0 Å². The smallest absolute Gasteiger partial charge is 0.0156 e. The first-order valence-electron chi connectivity index (χ1n) is 5.86. The molecule has 82 valence electrons. The van der Waals surface area contributed by atoms with Crippen LogP contribution in [-0.2, 0) is 0 Å². The lowest BCUT2D eigenvalue weighted by molar-refractivity contribution is 0.776. The van der Waals surface area contributed by atoms with Gasteiger partial charge in [-0.15, -0.1) is 0 Å². The summed E-state index contributed by atoms with van der Waals surface area (Å²) in [6.07, 6.45) is 5.50. The van der Waals surface area contributed by atoms with Crippen LogP contribution >= 0.6 is 0 Å². The molecule has 0 heterocycles. The fourth-order valence-corrected chi connectivity index (χ4v) is 1.69. The van der Waals surface area contributed by atoms with Gasteiger partial charge in [-0.25, -0.2) is 0 Å². The van der Waals surface area contributed by atoms with Crippen LogP contribution in [0.4, 0.5) is 0 Å². The van der Waals surface area contributed by atoms with Gasteiger partial charge < -0.3 is 0 Å². The van der Waals surface area contributed by atoms with E-state index < -0.39 is 0 Å². The van der Waals surface area contributed by atoms with E-state index in [4.69, 9.17) is 0 Å². The van der Waals surface area contributed by atoms with Crippen molar-refractivity contribution >= 4 is 0 Å². The molecule has 0 aliphatic heterocycles. The molecule has 1 aromatic carbocycles. The summed E-state index contributed by atoms with van der Waals surface area (Å²) in [5.41, 5.74) is 2.87. The SMILES string of the molecule is C/C=C\CC(C)c1ccc(C(C)C)cc1. The van der Waals surface area contributed by atoms with Gasteiger partial charge in [0.25, 0.3) is 0 Å². The maximum Gasteiger partial charge on any atom is -0.0156 e. The molecule has 0 aromatic heterocycles. The third-order valence-corrected chi connectivity index (χ3v) is 2.90. The predicted molar refractivity (Wildman–Crippen MR) is 68.4 cm³/mol. The van der Waals surface area contributed by atoms with E-state index in [2.05, 4.69) is 64.1 Å². The van der Waals surface area contributed by atoms with Gasteiger partial charge in [0.2, 0.25) is 0 Å². The number of benzene rings is 1. The molecular weight excluding hydrogens is 180 g/mol. The quantitative estimate of drug-likeness (QED) is 0.610. The highest BCUT2D eigenvalue weighted by atomic mass is 14.1. The van der Waals surface area contributed by atoms with Crippen LogP contribution in [0.25, 0.3) is 0 Å². The minimum absolute atomic E-state index is 0.627. The Morgan fingerprint density at radius 1 is 1.00 bits per heavy atom. The third-order valence-electron chi connectivity index (χ3n) is 2.90. The molecule has 0 aliphatic carbocycles. The summed E-state index contributed by atoms with van der Waals surface area (Å²) < 4.78 is 0. The second kappa shape index (κ2) is 5.75. The van der Waals surface area contributed by atoms with Gasteiger partial charge in [-0.3, -0.25) is 0 Å². The molecule has 0 amide bonds. The maximum atomic E-state index is 2.28. The number of allylic oxidation sites excluding steroid dienone is 2. The van der Waals surface area contributed by atoms with Gasteiger partial charge in [-0.2, -0.15) is 0 Å². The molecule has 0 bridgehead atoms. The van der Waals surface area contributed by atoms with Crippen LogP contribution in [0.3, 0.4) is 0 Å². The molecule has 0 heteroatoms. The van der Waals surface area contributed by atoms with Crippen LogP contribution in [0.5, 0.6) is 0 Å². The van der Waals surface area contributed by atoms with E-state index in [1.807, 2.05) is 0 Å². The Labute approximate surface area is 94.0 Å². The van der Waals surface area contributed by atoms with Gasteiger partial charge in [0.15, 0.2) is 0 Å². The van der Waals surface area contributed by atoms with Crippen molar-refractivity contribution in [2.24, 2.45) is 0 Å². The van der Waals surface area contributed by atoms with Crippen molar-refractivity contribution in [2.45, 2.75) is 46.0 Å². The van der Waals surface area contributed by atoms with E-state index >= 15 is 0 Å². The second-order valence-electron chi connectivity index (χ2n) is 4.53. The van der Waals surface area contributed by atoms with Crippen LogP contribution in [0, 0.1) is 0 Å². The van der Waals surface area contributed by atoms with E-state index in [0.29, 0.717) is 11.8 Å². The standard InChI is InChI=1S/C15H22/c1-5-6-7-13(4)15-10-8-14(9-11-15)12(2)3/h5-6,8-13H,7H2,1-4H3/b6-5-. The van der Waals surface area contributed by atoms with Crippen molar-refractivity contribution in [3.8, 4) is 0 Å². The van der Waals surface area contributed by atoms with Crippen LogP contribution in [0.15, 0.2) is 36.4 Å². The molecule has 1 atom stereocenters. The van der Waals surface area contributed by atoms with Gasteiger partial charge in [-0.1, -0.05) is 57.2 Å². The zero-order valence-corrected chi connectivity index (χ0v) is 10.3. The van der Waals surface area contributed by atoms with Crippen molar-refractivity contribution < 1.29 is 0 Å². The highest BCUT2D eigenvalue weighted by Crippen LogP contribution is 2.22. The second-order valence-corrected chi connectivity index (χ2v) is 4.53. The van der Waals surface area contributed by atoms with E-state index in [9.17, 15) is 0 Å². The summed E-state index contributed by atoms with van der Waals surface area (Å²) in [6, 6.07) is 9.05. The Balaban J connectivity index is 2.70. The maximum absolute atomic E-state index is 2.28. The van der Waals surface area contributed by atoms with Crippen molar-refractivity contribution in [1.29, 1.82) is 0 Å². The summed E-state index contributed by atoms with van der Waals surface area (Å²) in [7, 11) is 0. The topological polar surface area (TPSA) is 0 Å². The molecule has 0 aliphatic rings. The average molecular weight is 202 g/mol. The first kappa shape index (κ1) is 12.0. The minimum atomic E-state index is 0.627. The number of hydrogen-bond acceptors (Lipinski definition) is 0. The third kappa shape index (κ3) is 3.54. The van der Waals surface area contributed by atoms with Crippen LogP contribution in [0.2, 0.25) is 0 Å².